The zero-order chi connectivity index (χ0) is 16.0. The third kappa shape index (κ3) is 7.50. The van der Waals surface area contributed by atoms with Crippen molar-refractivity contribution in [2.24, 2.45) is 0 Å². The van der Waals surface area contributed by atoms with Crippen LogP contribution in [0.25, 0.3) is 0 Å². The summed E-state index contributed by atoms with van der Waals surface area (Å²) in [5, 5.41) is 8.72. The van der Waals surface area contributed by atoms with Gasteiger partial charge in [0.05, 0.1) is 25.6 Å². The predicted molar refractivity (Wildman–Crippen MR) is 82.7 cm³/mol. The molecule has 0 aromatic heterocycles. The number of anilines is 1. The first kappa shape index (κ1) is 17.8. The van der Waals surface area contributed by atoms with Gasteiger partial charge in [-0.15, -0.1) is 0 Å². The van der Waals surface area contributed by atoms with E-state index in [4.69, 9.17) is 19.5 Å². The molecule has 1 aromatic carbocycles. The van der Waals surface area contributed by atoms with Crippen LogP contribution in [-0.4, -0.2) is 45.7 Å². The van der Waals surface area contributed by atoms with Crippen LogP contribution in [0.15, 0.2) is 30.3 Å². The predicted octanol–water partition coefficient (Wildman–Crippen LogP) is 2.60. The number of benzene rings is 1. The molecule has 6 heteroatoms. The Morgan fingerprint density at radius 3 is 2.55 bits per heavy atom. The van der Waals surface area contributed by atoms with Crippen LogP contribution in [0.5, 0.6) is 0 Å². The normalized spacial score (nSPS) is 9.82. The summed E-state index contributed by atoms with van der Waals surface area (Å²) >= 11 is 0. The second-order valence-corrected chi connectivity index (χ2v) is 4.37. The van der Waals surface area contributed by atoms with Crippen molar-refractivity contribution in [1.82, 2.24) is 0 Å². The lowest BCUT2D eigenvalue weighted by atomic mass is 10.2. The number of nitrogens with zero attached hydrogens (tertiary/aromatic N) is 2. The number of rotatable bonds is 10. The Bertz CT molecular complexity index is 459. The van der Waals surface area contributed by atoms with Crippen molar-refractivity contribution in [1.29, 1.82) is 5.26 Å². The number of hydrogen-bond donors (Lipinski definition) is 0. The number of hydrogen-bond acceptors (Lipinski definition) is 6. The number of ether oxygens (including phenoxy) is 3. The van der Waals surface area contributed by atoms with Crippen molar-refractivity contribution in [3.8, 4) is 6.07 Å². The lowest BCUT2D eigenvalue weighted by Gasteiger charge is -2.23. The highest BCUT2D eigenvalue weighted by molar-refractivity contribution is 5.59. The van der Waals surface area contributed by atoms with Crippen molar-refractivity contribution in [2.45, 2.75) is 13.3 Å². The lowest BCUT2D eigenvalue weighted by Crippen LogP contribution is -2.29. The number of carbonyl (C=O) groups is 1. The number of para-hydroxylation sites is 1. The summed E-state index contributed by atoms with van der Waals surface area (Å²) in [5.41, 5.74) is 0.992. The molecule has 120 valence electrons. The lowest BCUT2D eigenvalue weighted by molar-refractivity contribution is 0.0306. The zero-order valence-electron chi connectivity index (χ0n) is 12.9. The highest BCUT2D eigenvalue weighted by Gasteiger charge is 2.08. The molecule has 0 atom stereocenters. The fourth-order valence-electron chi connectivity index (χ4n) is 1.80. The molecule has 0 N–H and O–H groups in total. The summed E-state index contributed by atoms with van der Waals surface area (Å²) in [6.45, 7) is 4.30. The molecule has 0 heterocycles. The van der Waals surface area contributed by atoms with Gasteiger partial charge in [-0.2, -0.15) is 5.26 Å². The standard InChI is InChI=1S/C16H22N2O4/c1-2-20-13-14-22-16(19)21-12-11-18(10-6-9-17)15-7-4-3-5-8-15/h3-5,7-8H,2,6,10-14H2,1H3. The van der Waals surface area contributed by atoms with E-state index in [0.717, 1.165) is 5.69 Å². The van der Waals surface area contributed by atoms with Gasteiger partial charge < -0.3 is 19.1 Å². The first-order valence-electron chi connectivity index (χ1n) is 7.32. The average molecular weight is 306 g/mol. The van der Waals surface area contributed by atoms with Gasteiger partial charge in [-0.3, -0.25) is 0 Å². The number of carbonyl (C=O) groups excluding carboxylic acids is 1. The first-order chi connectivity index (χ1) is 10.8. The van der Waals surface area contributed by atoms with Gasteiger partial charge >= 0.3 is 6.16 Å². The Morgan fingerprint density at radius 2 is 1.86 bits per heavy atom. The molecule has 0 aliphatic carbocycles. The van der Waals surface area contributed by atoms with Gasteiger partial charge in [0.1, 0.15) is 13.2 Å². The van der Waals surface area contributed by atoms with E-state index in [9.17, 15) is 4.79 Å². The third-order valence-corrected chi connectivity index (χ3v) is 2.85. The van der Waals surface area contributed by atoms with E-state index in [1.807, 2.05) is 42.2 Å². The highest BCUT2D eigenvalue weighted by atomic mass is 16.7. The van der Waals surface area contributed by atoms with E-state index in [1.165, 1.54) is 0 Å². The van der Waals surface area contributed by atoms with Gasteiger partial charge in [0.15, 0.2) is 0 Å². The van der Waals surface area contributed by atoms with Crippen LogP contribution in [0.4, 0.5) is 10.5 Å². The molecule has 0 bridgehead atoms. The van der Waals surface area contributed by atoms with E-state index in [1.54, 1.807) is 0 Å². The summed E-state index contributed by atoms with van der Waals surface area (Å²) in [5.74, 6) is 0. The van der Waals surface area contributed by atoms with E-state index >= 15 is 0 Å². The van der Waals surface area contributed by atoms with Gasteiger partial charge in [-0.05, 0) is 19.1 Å². The Hall–Kier alpha value is -2.26. The van der Waals surface area contributed by atoms with Crippen molar-refractivity contribution in [3.63, 3.8) is 0 Å². The summed E-state index contributed by atoms with van der Waals surface area (Å²) in [7, 11) is 0. The largest absolute Gasteiger partial charge is 0.508 e. The SMILES string of the molecule is CCOCCOC(=O)OCCN(CCC#N)c1ccccc1. The summed E-state index contributed by atoms with van der Waals surface area (Å²) in [6.07, 6.45) is -0.291. The van der Waals surface area contributed by atoms with Crippen molar-refractivity contribution < 1.29 is 19.0 Å². The van der Waals surface area contributed by atoms with Gasteiger partial charge in [0.2, 0.25) is 0 Å². The topological polar surface area (TPSA) is 71.8 Å². The van der Waals surface area contributed by atoms with E-state index < -0.39 is 6.16 Å². The minimum atomic E-state index is -0.701. The molecule has 0 radical (unpaired) electrons. The molecule has 1 rings (SSSR count). The molecule has 0 spiro atoms. The molecule has 1 aromatic rings. The molecule has 6 nitrogen and oxygen atoms in total. The fourth-order valence-corrected chi connectivity index (χ4v) is 1.80. The van der Waals surface area contributed by atoms with E-state index in [-0.39, 0.29) is 13.2 Å². The Balaban J connectivity index is 2.31. The molecular weight excluding hydrogens is 284 g/mol. The summed E-state index contributed by atoms with van der Waals surface area (Å²) in [6, 6.07) is 11.8. The van der Waals surface area contributed by atoms with Crippen LogP contribution in [0, 0.1) is 11.3 Å². The van der Waals surface area contributed by atoms with Crippen LogP contribution in [0.2, 0.25) is 0 Å². The average Bonchev–Trinajstić information content (AvgIpc) is 2.55. The van der Waals surface area contributed by atoms with Gasteiger partial charge in [0, 0.05) is 18.8 Å². The zero-order valence-corrected chi connectivity index (χ0v) is 12.9. The van der Waals surface area contributed by atoms with Gasteiger partial charge in [0.25, 0.3) is 0 Å². The highest BCUT2D eigenvalue weighted by Crippen LogP contribution is 2.13. The quantitative estimate of drug-likeness (QED) is 0.489. The smallest absolute Gasteiger partial charge is 0.432 e. The fraction of sp³-hybridized carbons (Fsp3) is 0.500. The maximum Gasteiger partial charge on any atom is 0.508 e. The van der Waals surface area contributed by atoms with Crippen molar-refractivity contribution >= 4 is 11.8 Å². The van der Waals surface area contributed by atoms with E-state index in [2.05, 4.69) is 6.07 Å². The Labute approximate surface area is 131 Å². The third-order valence-electron chi connectivity index (χ3n) is 2.85. The molecule has 0 saturated heterocycles. The maximum atomic E-state index is 11.4. The molecule has 0 saturated carbocycles. The maximum absolute atomic E-state index is 11.4. The van der Waals surface area contributed by atoms with E-state index in [0.29, 0.717) is 32.7 Å². The van der Waals surface area contributed by atoms with Crippen LogP contribution < -0.4 is 4.90 Å². The molecule has 0 fully saturated rings. The molecule has 0 amide bonds. The summed E-state index contributed by atoms with van der Waals surface area (Å²) in [4.78, 5) is 13.4. The second kappa shape index (κ2) is 11.4. The van der Waals surface area contributed by atoms with Crippen LogP contribution in [0.1, 0.15) is 13.3 Å². The summed E-state index contributed by atoms with van der Waals surface area (Å²) < 4.78 is 14.9. The number of nitriles is 1. The van der Waals surface area contributed by atoms with Gasteiger partial charge in [-0.1, -0.05) is 18.2 Å². The first-order valence-corrected chi connectivity index (χ1v) is 7.32. The minimum Gasteiger partial charge on any atom is -0.432 e. The monoisotopic (exact) mass is 306 g/mol. The van der Waals surface area contributed by atoms with Crippen LogP contribution in [0.3, 0.4) is 0 Å². The molecule has 22 heavy (non-hydrogen) atoms. The Morgan fingerprint density at radius 1 is 1.14 bits per heavy atom. The molecule has 0 unspecified atom stereocenters. The van der Waals surface area contributed by atoms with Crippen molar-refractivity contribution in [3.05, 3.63) is 30.3 Å². The Kier molecular flexibility index (Phi) is 9.22. The second-order valence-electron chi connectivity index (χ2n) is 4.37. The minimum absolute atomic E-state index is 0.184. The molecule has 0 aliphatic rings. The van der Waals surface area contributed by atoms with Crippen molar-refractivity contribution in [2.75, 3.05) is 44.4 Å². The van der Waals surface area contributed by atoms with Crippen LogP contribution in [-0.2, 0) is 14.2 Å². The van der Waals surface area contributed by atoms with Crippen LogP contribution >= 0.6 is 0 Å². The molecule has 0 aliphatic heterocycles. The molecular formula is C16H22N2O4. The van der Waals surface area contributed by atoms with Gasteiger partial charge in [-0.25, -0.2) is 4.79 Å².